The number of ether oxygens (including phenoxy) is 2. The Hall–Kier alpha value is -0.849. The van der Waals surface area contributed by atoms with Crippen molar-refractivity contribution in [2.75, 3.05) is 13.2 Å². The van der Waals surface area contributed by atoms with Crippen LogP contribution in [0.3, 0.4) is 0 Å². The number of hydrogen-bond acceptors (Lipinski definition) is 10. The minimum atomic E-state index is -2.02. The minimum Gasteiger partial charge on any atom is -0.413 e. The molecule has 6 aliphatic carbocycles. The second kappa shape index (κ2) is 21.3. The van der Waals surface area contributed by atoms with E-state index in [1.54, 1.807) is 0 Å². The molecule has 6 fully saturated rings. The number of Topliss-reactive ketones (excluding diaryl/α,β-unsaturated/α-hetero) is 2. The number of hydrogen-bond donors (Lipinski definition) is 3. The Kier molecular flexibility index (Phi) is 17.7. The molecule has 0 amide bonds. The van der Waals surface area contributed by atoms with Crippen molar-refractivity contribution in [3.8, 4) is 0 Å². The second-order valence-electron chi connectivity index (χ2n) is 29.1. The van der Waals surface area contributed by atoms with Crippen LogP contribution in [0.4, 0.5) is 0 Å². The Morgan fingerprint density at radius 1 is 0.506 bits per heavy atom. The molecule has 2 heterocycles. The van der Waals surface area contributed by atoms with Crippen LogP contribution in [-0.4, -0.2) is 113 Å². The third-order valence-corrected chi connectivity index (χ3v) is 40.1. The normalized spacial score (nSPS) is 44.4. The summed E-state index contributed by atoms with van der Waals surface area (Å²) in [6.07, 6.45) is 1.08. The first-order valence-electron chi connectivity index (χ1n) is 31.5. The molecule has 4 bridgehead atoms. The summed E-state index contributed by atoms with van der Waals surface area (Å²) >= 11 is 0. The third kappa shape index (κ3) is 8.85. The molecule has 0 aromatic carbocycles. The van der Waals surface area contributed by atoms with Gasteiger partial charge in [0.2, 0.25) is 0 Å². The maximum Gasteiger partial charge on any atom is 0.192 e. The Balaban J connectivity index is 0.000000227. The van der Waals surface area contributed by atoms with Gasteiger partial charge in [0.25, 0.3) is 0 Å². The van der Waals surface area contributed by atoms with Gasteiger partial charge in [-0.2, -0.15) is 0 Å². The van der Waals surface area contributed by atoms with Crippen LogP contribution in [-0.2, 0) is 32.3 Å². The van der Waals surface area contributed by atoms with Crippen molar-refractivity contribution < 1.29 is 47.7 Å². The van der Waals surface area contributed by atoms with Gasteiger partial charge in [-0.1, -0.05) is 143 Å². The lowest BCUT2D eigenvalue weighted by atomic mass is 9.40. The fourth-order valence-corrected chi connectivity index (χ4v) is 28.9. The monoisotopic (exact) mass is 1130 g/mol. The van der Waals surface area contributed by atoms with Gasteiger partial charge >= 0.3 is 0 Å². The molecular formula is C64H114O10Si3. The molecule has 77 heavy (non-hydrogen) atoms. The van der Waals surface area contributed by atoms with E-state index in [-0.39, 0.29) is 82.6 Å². The lowest BCUT2D eigenvalue weighted by Gasteiger charge is -2.69. The van der Waals surface area contributed by atoms with Crippen LogP contribution in [0.5, 0.6) is 0 Å². The van der Waals surface area contributed by atoms with Gasteiger partial charge in [0.05, 0.1) is 71.9 Å². The molecule has 10 nitrogen and oxygen atoms in total. The number of carbonyl (C=O) groups is 2. The van der Waals surface area contributed by atoms with Crippen molar-refractivity contribution in [3.63, 3.8) is 0 Å². The topological polar surface area (TPSA) is 141 Å². The van der Waals surface area contributed by atoms with Gasteiger partial charge in [0, 0.05) is 59.2 Å². The second-order valence-corrected chi connectivity index (χ2v) is 43.3. The highest BCUT2D eigenvalue weighted by Crippen LogP contribution is 2.70. The third-order valence-electron chi connectivity index (χ3n) is 26.1. The zero-order valence-electron chi connectivity index (χ0n) is 53.2. The fraction of sp³-hybridized carbons (Fsp3) is 0.906. The molecule has 0 aromatic heterocycles. The predicted molar refractivity (Wildman–Crippen MR) is 319 cm³/mol. The molecule has 4 saturated carbocycles. The van der Waals surface area contributed by atoms with E-state index in [0.29, 0.717) is 38.3 Å². The van der Waals surface area contributed by atoms with Crippen molar-refractivity contribution in [1.82, 2.24) is 0 Å². The van der Waals surface area contributed by atoms with Crippen molar-refractivity contribution >= 4 is 36.5 Å². The van der Waals surface area contributed by atoms with E-state index in [1.807, 2.05) is 13.8 Å². The van der Waals surface area contributed by atoms with Gasteiger partial charge in [-0.05, 0) is 117 Å². The van der Waals surface area contributed by atoms with E-state index in [0.717, 1.165) is 77.5 Å². The summed E-state index contributed by atoms with van der Waals surface area (Å²) in [5.41, 5.74) is -0.813. The Morgan fingerprint density at radius 3 is 1.14 bits per heavy atom. The van der Waals surface area contributed by atoms with Gasteiger partial charge in [-0.25, -0.2) is 0 Å². The Bertz CT molecular complexity index is 2260. The van der Waals surface area contributed by atoms with Crippen molar-refractivity contribution in [2.24, 2.45) is 68.0 Å². The van der Waals surface area contributed by atoms with E-state index in [1.165, 1.54) is 5.57 Å². The quantitative estimate of drug-likeness (QED) is 0.107. The molecule has 0 aromatic rings. The molecule has 0 spiro atoms. The number of rotatable bonds is 15. The average Bonchev–Trinajstić information content (AvgIpc) is 3.39. The van der Waals surface area contributed by atoms with Crippen LogP contribution in [0.1, 0.15) is 185 Å². The SMILES string of the molecule is CC[Si](CC)(CC)O[C@H]1C[C@@]2(O)[C@@H](C)C3[C@]4(C)CO[C@@H]4C[C@H](O)[C@@]3(C)C(=O)[C@H](C)C(=C1C)C2(C)C.CC[Si](CC)(CC)O[C@H]1C[C@@]2(O)[C@@H](C)C3[C@]4(C)CO[C@@H]4C[C@H](O[Si](CC)(CC)CC)[C@@]3(C)C(=O)[C@H](C)C(=C1C)C2(C)C. The standard InChI is InChI=1S/C35H64O5Si2.C29H50O5Si/c1-14-41(15-2,16-3)39-26-21-35(37)25(9)30-33(12)22-38-27(33)20-28(40-42(17-4,18-5)19-6)34(30,13)31(36)24(8)29(23(26)7)32(35,10)11;1-11-35(12-2,13-3)34-20-15-29(32)19(6)24-27(9)16-33-22(27)14-21(30)28(24,10)25(31)18(5)23(17(20)4)26(29,7)8/h24-28,30,37H,14-22H2,1-13H3;18-22,24,30,32H,11-16H2,1-10H3/t24-,25+,26+,27-,28+,30?,33-,34-,35-;18-,19+,20+,21+,22-,24?,27-,28-,29-/m11/s1. The summed E-state index contributed by atoms with van der Waals surface area (Å²) in [4.78, 5) is 29.8. The molecule has 2 saturated heterocycles. The highest BCUT2D eigenvalue weighted by Gasteiger charge is 2.75. The number of aliphatic hydroxyl groups is 3. The first kappa shape index (κ1) is 63.7. The largest absolute Gasteiger partial charge is 0.413 e. The summed E-state index contributed by atoms with van der Waals surface area (Å²) in [7, 11) is -5.92. The zero-order chi connectivity index (χ0) is 58.0. The average molecular weight is 1130 g/mol. The van der Waals surface area contributed by atoms with Crippen LogP contribution in [0.25, 0.3) is 0 Å². The molecule has 3 N–H and O–H groups in total. The van der Waals surface area contributed by atoms with E-state index in [2.05, 4.69) is 145 Å². The molecule has 2 unspecified atom stereocenters. The summed E-state index contributed by atoms with van der Waals surface area (Å²) in [6, 6.07) is 9.52. The number of aliphatic hydroxyl groups excluding tert-OH is 1. The molecule has 13 heteroatoms. The predicted octanol–water partition coefficient (Wildman–Crippen LogP) is 14.0. The Labute approximate surface area is 472 Å². The molecule has 442 valence electrons. The van der Waals surface area contributed by atoms with Crippen LogP contribution < -0.4 is 0 Å². The van der Waals surface area contributed by atoms with Gasteiger partial charge in [0.1, 0.15) is 11.6 Å². The molecule has 8 aliphatic rings. The van der Waals surface area contributed by atoms with E-state index in [9.17, 15) is 20.1 Å². The maximum absolute atomic E-state index is 15.3. The van der Waals surface area contributed by atoms with Crippen molar-refractivity contribution in [2.45, 2.75) is 287 Å². The van der Waals surface area contributed by atoms with Crippen molar-refractivity contribution in [1.29, 1.82) is 0 Å². The molecular weight excluding hydrogens is 1010 g/mol. The van der Waals surface area contributed by atoms with Crippen LogP contribution in [0, 0.1) is 68.0 Å². The van der Waals surface area contributed by atoms with E-state index < -0.39 is 63.9 Å². The minimum absolute atomic E-state index is 0.0508. The van der Waals surface area contributed by atoms with E-state index >= 15 is 4.79 Å². The summed E-state index contributed by atoms with van der Waals surface area (Å²) < 4.78 is 33.9. The lowest BCUT2D eigenvalue weighted by molar-refractivity contribution is -0.301. The number of carbonyl (C=O) groups excluding carboxylic acids is 2. The highest BCUT2D eigenvalue weighted by molar-refractivity contribution is 6.74. The van der Waals surface area contributed by atoms with E-state index in [4.69, 9.17) is 22.8 Å². The zero-order valence-corrected chi connectivity index (χ0v) is 56.2. The lowest BCUT2D eigenvalue weighted by Crippen LogP contribution is -2.75. The van der Waals surface area contributed by atoms with Crippen LogP contribution >= 0.6 is 0 Å². The molecule has 2 aliphatic heterocycles. The smallest absolute Gasteiger partial charge is 0.192 e. The van der Waals surface area contributed by atoms with Gasteiger partial charge < -0.3 is 38.1 Å². The van der Waals surface area contributed by atoms with Crippen LogP contribution in [0.15, 0.2) is 22.3 Å². The molecule has 18 atom stereocenters. The first-order valence-corrected chi connectivity index (χ1v) is 39.1. The summed E-state index contributed by atoms with van der Waals surface area (Å²) in [6.45, 7) is 51.8. The number of ketones is 2. The highest BCUT2D eigenvalue weighted by atomic mass is 28.4. The first-order chi connectivity index (χ1) is 35.6. The maximum atomic E-state index is 15.3. The molecule has 0 radical (unpaired) electrons. The van der Waals surface area contributed by atoms with Crippen LogP contribution in [0.2, 0.25) is 54.4 Å². The Morgan fingerprint density at radius 2 is 0.818 bits per heavy atom. The fourth-order valence-electron chi connectivity index (χ4n) is 20.2. The van der Waals surface area contributed by atoms with Gasteiger partial charge in [-0.3, -0.25) is 9.59 Å². The summed E-state index contributed by atoms with van der Waals surface area (Å²) in [5.74, 6) is -0.853. The van der Waals surface area contributed by atoms with Gasteiger partial charge in [0.15, 0.2) is 25.0 Å². The summed E-state index contributed by atoms with van der Waals surface area (Å²) in [5, 5.41) is 37.6. The molecule has 8 rings (SSSR count). The van der Waals surface area contributed by atoms with Gasteiger partial charge in [-0.15, -0.1) is 0 Å². The number of fused-ring (bicyclic) bond motifs is 10. The van der Waals surface area contributed by atoms with Crippen molar-refractivity contribution in [3.05, 3.63) is 22.3 Å².